The van der Waals surface area contributed by atoms with Gasteiger partial charge in [0.1, 0.15) is 0 Å². The van der Waals surface area contributed by atoms with Crippen molar-refractivity contribution >= 4 is 16.7 Å². The molecule has 1 aromatic carbocycles. The standard InChI is InChI=1S/C13H10N2O2/c1-2-7-14-13(17)11-8-15-12(16)10-6-4-3-5-9(10)11/h1,3-6,8H,7H2,(H,14,17)(H,15,16). The Hall–Kier alpha value is -2.54. The minimum atomic E-state index is -0.296. The van der Waals surface area contributed by atoms with Gasteiger partial charge in [-0.25, -0.2) is 0 Å². The Kier molecular flexibility index (Phi) is 2.93. The third-order valence-electron chi connectivity index (χ3n) is 2.41. The molecule has 0 bridgehead atoms. The van der Waals surface area contributed by atoms with E-state index >= 15 is 0 Å². The topological polar surface area (TPSA) is 62.0 Å². The fraction of sp³-hybridized carbons (Fsp3) is 0.0769. The minimum absolute atomic E-state index is 0.159. The lowest BCUT2D eigenvalue weighted by Crippen LogP contribution is -2.25. The highest BCUT2D eigenvalue weighted by molar-refractivity contribution is 6.06. The van der Waals surface area contributed by atoms with Gasteiger partial charge in [0.25, 0.3) is 11.5 Å². The zero-order valence-corrected chi connectivity index (χ0v) is 8.99. The number of rotatable bonds is 2. The number of aromatic amines is 1. The molecule has 17 heavy (non-hydrogen) atoms. The number of fused-ring (bicyclic) bond motifs is 1. The maximum Gasteiger partial charge on any atom is 0.255 e. The summed E-state index contributed by atoms with van der Waals surface area (Å²) in [7, 11) is 0. The Morgan fingerprint density at radius 2 is 2.06 bits per heavy atom. The SMILES string of the molecule is C#CCNC(=O)c1c[nH]c(=O)c2ccccc12. The van der Waals surface area contributed by atoms with Crippen LogP contribution >= 0.6 is 0 Å². The quantitative estimate of drug-likeness (QED) is 0.747. The van der Waals surface area contributed by atoms with Crippen molar-refractivity contribution in [2.45, 2.75) is 0 Å². The molecular weight excluding hydrogens is 216 g/mol. The number of pyridine rings is 1. The molecule has 0 atom stereocenters. The lowest BCUT2D eigenvalue weighted by atomic mass is 10.1. The van der Waals surface area contributed by atoms with Crippen molar-refractivity contribution in [2.24, 2.45) is 0 Å². The van der Waals surface area contributed by atoms with Crippen LogP contribution in [0.2, 0.25) is 0 Å². The number of hydrogen-bond donors (Lipinski definition) is 2. The second-order valence-electron chi connectivity index (χ2n) is 3.46. The molecule has 2 aromatic rings. The number of benzene rings is 1. The van der Waals surface area contributed by atoms with Crippen LogP contribution in [-0.4, -0.2) is 17.4 Å². The number of amides is 1. The average molecular weight is 226 g/mol. The molecule has 4 heteroatoms. The first-order chi connectivity index (χ1) is 8.24. The lowest BCUT2D eigenvalue weighted by molar-refractivity contribution is 0.0960. The van der Waals surface area contributed by atoms with Gasteiger partial charge in [-0.05, 0) is 6.07 Å². The van der Waals surface area contributed by atoms with Crippen LogP contribution in [0, 0.1) is 12.3 Å². The van der Waals surface area contributed by atoms with Crippen LogP contribution in [0.4, 0.5) is 0 Å². The summed E-state index contributed by atoms with van der Waals surface area (Å²) in [6, 6.07) is 6.93. The van der Waals surface area contributed by atoms with Gasteiger partial charge in [0.15, 0.2) is 0 Å². The zero-order chi connectivity index (χ0) is 12.3. The molecule has 2 rings (SSSR count). The molecule has 84 valence electrons. The Morgan fingerprint density at radius 3 is 2.76 bits per heavy atom. The van der Waals surface area contributed by atoms with Gasteiger partial charge in [0.05, 0.1) is 12.1 Å². The molecule has 0 aliphatic rings. The van der Waals surface area contributed by atoms with E-state index in [2.05, 4.69) is 16.2 Å². The van der Waals surface area contributed by atoms with E-state index in [-0.39, 0.29) is 18.0 Å². The number of carbonyl (C=O) groups is 1. The van der Waals surface area contributed by atoms with Crippen LogP contribution in [0.25, 0.3) is 10.8 Å². The van der Waals surface area contributed by atoms with E-state index in [9.17, 15) is 9.59 Å². The second-order valence-corrected chi connectivity index (χ2v) is 3.46. The molecule has 0 radical (unpaired) electrons. The van der Waals surface area contributed by atoms with E-state index in [0.717, 1.165) is 0 Å². The van der Waals surface area contributed by atoms with Crippen LogP contribution in [0.3, 0.4) is 0 Å². The molecule has 2 N–H and O–H groups in total. The van der Waals surface area contributed by atoms with Gasteiger partial charge >= 0.3 is 0 Å². The first-order valence-electron chi connectivity index (χ1n) is 5.06. The van der Waals surface area contributed by atoms with Crippen molar-refractivity contribution < 1.29 is 4.79 Å². The van der Waals surface area contributed by atoms with Gasteiger partial charge in [-0.1, -0.05) is 24.1 Å². The van der Waals surface area contributed by atoms with Gasteiger partial charge < -0.3 is 10.3 Å². The number of carbonyl (C=O) groups excluding carboxylic acids is 1. The van der Waals surface area contributed by atoms with E-state index in [4.69, 9.17) is 6.42 Å². The third kappa shape index (κ3) is 2.04. The van der Waals surface area contributed by atoms with E-state index in [0.29, 0.717) is 16.3 Å². The monoisotopic (exact) mass is 226 g/mol. The van der Waals surface area contributed by atoms with Crippen molar-refractivity contribution in [3.8, 4) is 12.3 Å². The summed E-state index contributed by atoms with van der Waals surface area (Å²) in [5, 5.41) is 3.67. The molecule has 0 saturated carbocycles. The normalized spacial score (nSPS) is 9.82. The van der Waals surface area contributed by atoms with Crippen LogP contribution in [-0.2, 0) is 0 Å². The summed E-state index contributed by atoms with van der Waals surface area (Å²) >= 11 is 0. The predicted molar refractivity (Wildman–Crippen MR) is 65.7 cm³/mol. The molecule has 4 nitrogen and oxygen atoms in total. The molecule has 0 fully saturated rings. The Balaban J connectivity index is 2.56. The number of terminal acetylenes is 1. The van der Waals surface area contributed by atoms with Crippen LogP contribution in [0.1, 0.15) is 10.4 Å². The third-order valence-corrected chi connectivity index (χ3v) is 2.41. The van der Waals surface area contributed by atoms with Gasteiger partial charge in [-0.2, -0.15) is 0 Å². The summed E-state index contributed by atoms with van der Waals surface area (Å²) < 4.78 is 0. The maximum absolute atomic E-state index is 11.8. The molecule has 0 spiro atoms. The smallest absolute Gasteiger partial charge is 0.255 e. The molecule has 0 saturated heterocycles. The number of H-pyrrole nitrogens is 1. The van der Waals surface area contributed by atoms with Gasteiger partial charge in [0.2, 0.25) is 0 Å². The van der Waals surface area contributed by atoms with Crippen molar-refractivity contribution in [1.82, 2.24) is 10.3 Å². The molecular formula is C13H10N2O2. The maximum atomic E-state index is 11.8. The molecule has 1 amide bonds. The van der Waals surface area contributed by atoms with Crippen molar-refractivity contribution in [2.75, 3.05) is 6.54 Å². The van der Waals surface area contributed by atoms with Gasteiger partial charge in [-0.3, -0.25) is 9.59 Å². The fourth-order valence-electron chi connectivity index (χ4n) is 1.62. The minimum Gasteiger partial charge on any atom is -0.341 e. The molecule has 1 aromatic heterocycles. The second kappa shape index (κ2) is 4.54. The van der Waals surface area contributed by atoms with Crippen LogP contribution in [0.5, 0.6) is 0 Å². The van der Waals surface area contributed by atoms with Crippen LogP contribution in [0.15, 0.2) is 35.3 Å². The highest BCUT2D eigenvalue weighted by Gasteiger charge is 2.10. The highest BCUT2D eigenvalue weighted by Crippen LogP contribution is 2.13. The number of aromatic nitrogens is 1. The van der Waals surface area contributed by atoms with Crippen molar-refractivity contribution in [1.29, 1.82) is 0 Å². The van der Waals surface area contributed by atoms with Crippen LogP contribution < -0.4 is 10.9 Å². The van der Waals surface area contributed by atoms with E-state index in [1.165, 1.54) is 6.20 Å². The largest absolute Gasteiger partial charge is 0.341 e. The summed E-state index contributed by atoms with van der Waals surface area (Å²) in [6.07, 6.45) is 6.47. The molecule has 1 heterocycles. The Bertz CT molecular complexity index is 665. The van der Waals surface area contributed by atoms with E-state index < -0.39 is 0 Å². The highest BCUT2D eigenvalue weighted by atomic mass is 16.1. The first-order valence-corrected chi connectivity index (χ1v) is 5.06. The Morgan fingerprint density at radius 1 is 1.35 bits per heavy atom. The lowest BCUT2D eigenvalue weighted by Gasteiger charge is -2.05. The van der Waals surface area contributed by atoms with Crippen molar-refractivity contribution in [3.05, 3.63) is 46.4 Å². The summed E-state index contributed by atoms with van der Waals surface area (Å²) in [5.74, 6) is 2.03. The predicted octanol–water partition coefficient (Wildman–Crippen LogP) is 0.891. The first kappa shape index (κ1) is 11.0. The van der Waals surface area contributed by atoms with E-state index in [1.807, 2.05) is 0 Å². The fourth-order valence-corrected chi connectivity index (χ4v) is 1.62. The van der Waals surface area contributed by atoms with Gasteiger partial charge in [0, 0.05) is 17.0 Å². The summed E-state index contributed by atoms with van der Waals surface area (Å²) in [6.45, 7) is 0.159. The Labute approximate surface area is 97.7 Å². The zero-order valence-electron chi connectivity index (χ0n) is 8.99. The van der Waals surface area contributed by atoms with Gasteiger partial charge in [-0.15, -0.1) is 6.42 Å². The number of nitrogens with one attached hydrogen (secondary N) is 2. The molecule has 0 aliphatic carbocycles. The van der Waals surface area contributed by atoms with E-state index in [1.54, 1.807) is 24.3 Å². The average Bonchev–Trinajstić information content (AvgIpc) is 2.37. The number of hydrogen-bond acceptors (Lipinski definition) is 2. The summed E-state index contributed by atoms with van der Waals surface area (Å²) in [4.78, 5) is 25.9. The van der Waals surface area contributed by atoms with Crippen molar-refractivity contribution in [3.63, 3.8) is 0 Å². The molecule has 0 aliphatic heterocycles. The molecule has 0 unspecified atom stereocenters. The summed E-state index contributed by atoms with van der Waals surface area (Å²) in [5.41, 5.74) is 0.199.